The third-order valence-corrected chi connectivity index (χ3v) is 4.67. The molecule has 0 bridgehead atoms. The first kappa shape index (κ1) is 12.8. The molecule has 0 saturated carbocycles. The van der Waals surface area contributed by atoms with E-state index in [1.54, 1.807) is 0 Å². The number of likely N-dealkylation sites (tertiary alicyclic amines) is 1. The van der Waals surface area contributed by atoms with Gasteiger partial charge in [0.1, 0.15) is 0 Å². The van der Waals surface area contributed by atoms with Gasteiger partial charge in [-0.25, -0.2) is 0 Å². The highest BCUT2D eigenvalue weighted by Gasteiger charge is 2.53. The van der Waals surface area contributed by atoms with Crippen LogP contribution in [0.25, 0.3) is 0 Å². The van der Waals surface area contributed by atoms with Crippen molar-refractivity contribution < 1.29 is 14.6 Å². The van der Waals surface area contributed by atoms with Crippen LogP contribution in [0, 0.1) is 17.3 Å². The Morgan fingerprint density at radius 2 is 2.06 bits per heavy atom. The first-order valence-electron chi connectivity index (χ1n) is 6.59. The number of aliphatic carboxylic acids is 1. The van der Waals surface area contributed by atoms with Crippen LogP contribution in [0.4, 0.5) is 0 Å². The van der Waals surface area contributed by atoms with Crippen LogP contribution in [0.5, 0.6) is 0 Å². The first-order chi connectivity index (χ1) is 8.10. The van der Waals surface area contributed by atoms with E-state index in [9.17, 15) is 9.90 Å². The number of ether oxygens (including phenoxy) is 1. The number of carboxylic acids is 1. The summed E-state index contributed by atoms with van der Waals surface area (Å²) < 4.78 is 5.37. The third-order valence-electron chi connectivity index (χ3n) is 4.67. The van der Waals surface area contributed by atoms with Gasteiger partial charge in [-0.05, 0) is 45.3 Å². The van der Waals surface area contributed by atoms with Crippen LogP contribution in [0.1, 0.15) is 26.2 Å². The fourth-order valence-corrected chi connectivity index (χ4v) is 3.47. The number of hydrogen-bond donors (Lipinski definition) is 1. The maximum absolute atomic E-state index is 11.4. The van der Waals surface area contributed by atoms with E-state index in [-0.39, 0.29) is 11.3 Å². The summed E-state index contributed by atoms with van der Waals surface area (Å²) in [5.74, 6) is -0.354. The lowest BCUT2D eigenvalue weighted by Crippen LogP contribution is -2.57. The van der Waals surface area contributed by atoms with E-state index in [0.29, 0.717) is 25.6 Å². The summed E-state index contributed by atoms with van der Waals surface area (Å²) in [6.45, 7) is 5.44. The van der Waals surface area contributed by atoms with Crippen molar-refractivity contribution in [3.63, 3.8) is 0 Å². The molecule has 2 rings (SSSR count). The maximum Gasteiger partial charge on any atom is 0.307 e. The molecule has 0 aromatic carbocycles. The van der Waals surface area contributed by atoms with Gasteiger partial charge in [0.2, 0.25) is 0 Å². The van der Waals surface area contributed by atoms with Crippen LogP contribution in [-0.2, 0) is 9.53 Å². The summed E-state index contributed by atoms with van der Waals surface area (Å²) in [5.41, 5.74) is -0.0815. The average molecular weight is 241 g/mol. The number of nitrogens with zero attached hydrogens (tertiary/aromatic N) is 1. The normalized spacial score (nSPS) is 27.4. The number of hydrogen-bond acceptors (Lipinski definition) is 3. The number of carboxylic acid groups (broad SMARTS) is 1. The molecule has 4 heteroatoms. The lowest BCUT2D eigenvalue weighted by molar-refractivity contribution is -0.199. The molecule has 98 valence electrons. The van der Waals surface area contributed by atoms with Gasteiger partial charge in [0.25, 0.3) is 0 Å². The Kier molecular flexibility index (Phi) is 3.73. The van der Waals surface area contributed by atoms with Gasteiger partial charge in [0.15, 0.2) is 0 Å². The largest absolute Gasteiger partial charge is 0.481 e. The average Bonchev–Trinajstić information content (AvgIpc) is 2.24. The molecule has 2 aliphatic heterocycles. The van der Waals surface area contributed by atoms with Gasteiger partial charge >= 0.3 is 5.97 Å². The van der Waals surface area contributed by atoms with Crippen molar-refractivity contribution in [1.29, 1.82) is 0 Å². The number of carbonyl (C=O) groups is 1. The second-order valence-corrected chi connectivity index (χ2v) is 5.60. The Bertz CT molecular complexity index is 280. The molecular weight excluding hydrogens is 218 g/mol. The second kappa shape index (κ2) is 4.94. The molecule has 17 heavy (non-hydrogen) atoms. The van der Waals surface area contributed by atoms with Gasteiger partial charge in [0.05, 0.1) is 19.1 Å². The Labute approximate surface area is 103 Å². The maximum atomic E-state index is 11.4. The van der Waals surface area contributed by atoms with E-state index >= 15 is 0 Å². The predicted molar refractivity (Wildman–Crippen MR) is 64.9 cm³/mol. The molecule has 2 saturated heterocycles. The van der Waals surface area contributed by atoms with Gasteiger partial charge < -0.3 is 14.7 Å². The monoisotopic (exact) mass is 241 g/mol. The zero-order chi connectivity index (χ0) is 12.5. The summed E-state index contributed by atoms with van der Waals surface area (Å²) >= 11 is 0. The predicted octanol–water partition coefficient (Wildman–Crippen LogP) is 1.46. The molecule has 2 fully saturated rings. The molecule has 2 aliphatic rings. The SMILES string of the molecule is CCC(C(=O)O)C1(C2CCN(C)CC2)COC1. The summed E-state index contributed by atoms with van der Waals surface area (Å²) in [5, 5.41) is 9.39. The highest BCUT2D eigenvalue weighted by molar-refractivity contribution is 5.71. The van der Waals surface area contributed by atoms with Gasteiger partial charge in [-0.2, -0.15) is 0 Å². The Morgan fingerprint density at radius 3 is 2.41 bits per heavy atom. The Balaban J connectivity index is 2.10. The standard InChI is InChI=1S/C13H23NO3/c1-3-11(12(15)16)13(8-17-9-13)10-4-6-14(2)7-5-10/h10-11H,3-9H2,1-2H3,(H,15,16). The molecular formula is C13H23NO3. The minimum atomic E-state index is -0.644. The fourth-order valence-electron chi connectivity index (χ4n) is 3.47. The lowest BCUT2D eigenvalue weighted by Gasteiger charge is -2.52. The number of piperidine rings is 1. The Morgan fingerprint density at radius 1 is 1.47 bits per heavy atom. The molecule has 0 aromatic rings. The Hall–Kier alpha value is -0.610. The molecule has 0 aliphatic carbocycles. The van der Waals surface area contributed by atoms with Crippen LogP contribution in [0.2, 0.25) is 0 Å². The van der Waals surface area contributed by atoms with Crippen LogP contribution in [0.15, 0.2) is 0 Å². The van der Waals surface area contributed by atoms with Crippen molar-refractivity contribution in [2.75, 3.05) is 33.4 Å². The molecule has 0 radical (unpaired) electrons. The minimum Gasteiger partial charge on any atom is -0.481 e. The molecule has 1 N–H and O–H groups in total. The van der Waals surface area contributed by atoms with E-state index in [4.69, 9.17) is 4.74 Å². The van der Waals surface area contributed by atoms with Crippen molar-refractivity contribution in [1.82, 2.24) is 4.90 Å². The van der Waals surface area contributed by atoms with E-state index in [1.807, 2.05) is 6.92 Å². The van der Waals surface area contributed by atoms with Crippen LogP contribution in [0.3, 0.4) is 0 Å². The molecule has 2 heterocycles. The highest BCUT2D eigenvalue weighted by Crippen LogP contribution is 2.48. The third kappa shape index (κ3) is 2.20. The van der Waals surface area contributed by atoms with Crippen molar-refractivity contribution in [2.24, 2.45) is 17.3 Å². The van der Waals surface area contributed by atoms with Crippen molar-refractivity contribution in [3.05, 3.63) is 0 Å². The van der Waals surface area contributed by atoms with Crippen molar-refractivity contribution in [2.45, 2.75) is 26.2 Å². The van der Waals surface area contributed by atoms with Crippen LogP contribution in [-0.4, -0.2) is 49.3 Å². The summed E-state index contributed by atoms with van der Waals surface area (Å²) in [7, 11) is 2.13. The summed E-state index contributed by atoms with van der Waals surface area (Å²) in [6, 6.07) is 0. The first-order valence-corrected chi connectivity index (χ1v) is 6.59. The molecule has 0 spiro atoms. The minimum absolute atomic E-state index is 0.0815. The van der Waals surface area contributed by atoms with Gasteiger partial charge in [-0.1, -0.05) is 6.92 Å². The van der Waals surface area contributed by atoms with Gasteiger partial charge in [-0.3, -0.25) is 4.79 Å². The molecule has 0 amide bonds. The number of rotatable bonds is 4. The van der Waals surface area contributed by atoms with E-state index < -0.39 is 5.97 Å². The van der Waals surface area contributed by atoms with Crippen LogP contribution < -0.4 is 0 Å². The van der Waals surface area contributed by atoms with Gasteiger partial charge in [0, 0.05) is 5.41 Å². The highest BCUT2D eigenvalue weighted by atomic mass is 16.5. The van der Waals surface area contributed by atoms with Gasteiger partial charge in [-0.15, -0.1) is 0 Å². The van der Waals surface area contributed by atoms with Crippen LogP contribution >= 0.6 is 0 Å². The van der Waals surface area contributed by atoms with Crippen molar-refractivity contribution >= 4 is 5.97 Å². The van der Waals surface area contributed by atoms with Crippen molar-refractivity contribution in [3.8, 4) is 0 Å². The van der Waals surface area contributed by atoms with E-state index in [0.717, 1.165) is 25.9 Å². The topological polar surface area (TPSA) is 49.8 Å². The molecule has 1 atom stereocenters. The van der Waals surface area contributed by atoms with E-state index in [2.05, 4.69) is 11.9 Å². The fraction of sp³-hybridized carbons (Fsp3) is 0.923. The molecule has 1 unspecified atom stereocenters. The quantitative estimate of drug-likeness (QED) is 0.809. The summed E-state index contributed by atoms with van der Waals surface area (Å²) in [6.07, 6.45) is 2.94. The zero-order valence-corrected chi connectivity index (χ0v) is 10.8. The summed E-state index contributed by atoms with van der Waals surface area (Å²) in [4.78, 5) is 13.7. The lowest BCUT2D eigenvalue weighted by atomic mass is 9.61. The molecule has 4 nitrogen and oxygen atoms in total. The second-order valence-electron chi connectivity index (χ2n) is 5.60. The molecule has 0 aromatic heterocycles. The zero-order valence-electron chi connectivity index (χ0n) is 10.8. The van der Waals surface area contributed by atoms with E-state index in [1.165, 1.54) is 0 Å². The smallest absolute Gasteiger partial charge is 0.307 e.